The quantitative estimate of drug-likeness (QED) is 0.231. The van der Waals surface area contributed by atoms with Crippen LogP contribution in [0.1, 0.15) is 31.4 Å². The third-order valence-electron chi connectivity index (χ3n) is 4.00. The molecular weight excluding hydrogens is 594 g/mol. The molecule has 100 valence electrons. The van der Waals surface area contributed by atoms with Crippen molar-refractivity contribution in [1.29, 1.82) is 0 Å². The van der Waals surface area contributed by atoms with Gasteiger partial charge in [0, 0.05) is 27.4 Å². The SMILES string of the molecule is CC1(C)C2=C(C(Br)=CC(I)C2)c2c(Br)cc(I)cc21. The summed E-state index contributed by atoms with van der Waals surface area (Å²) in [5.74, 6) is 0. The van der Waals surface area contributed by atoms with Gasteiger partial charge in [0.05, 0.1) is 0 Å². The van der Waals surface area contributed by atoms with E-state index in [1.165, 1.54) is 29.2 Å². The van der Waals surface area contributed by atoms with Gasteiger partial charge in [-0.05, 0) is 57.9 Å². The molecule has 0 heterocycles. The van der Waals surface area contributed by atoms with E-state index in [9.17, 15) is 0 Å². The summed E-state index contributed by atoms with van der Waals surface area (Å²) in [4.78, 5) is 0. The highest BCUT2D eigenvalue weighted by molar-refractivity contribution is 14.1. The van der Waals surface area contributed by atoms with Crippen LogP contribution in [0, 0.1) is 3.57 Å². The first-order valence-corrected chi connectivity index (χ1v) is 9.98. The smallest absolute Gasteiger partial charge is 0.0341 e. The number of fused-ring (bicyclic) bond motifs is 2. The normalized spacial score (nSPS) is 24.1. The zero-order valence-electron chi connectivity index (χ0n) is 10.5. The molecule has 2 aliphatic rings. The van der Waals surface area contributed by atoms with Gasteiger partial charge in [-0.25, -0.2) is 0 Å². The number of hydrogen-bond acceptors (Lipinski definition) is 0. The van der Waals surface area contributed by atoms with E-state index in [0.717, 1.165) is 6.42 Å². The Morgan fingerprint density at radius 3 is 2.63 bits per heavy atom. The van der Waals surface area contributed by atoms with Crippen LogP contribution in [-0.2, 0) is 5.41 Å². The topological polar surface area (TPSA) is 0 Å². The first-order valence-electron chi connectivity index (χ1n) is 6.07. The van der Waals surface area contributed by atoms with Crippen molar-refractivity contribution >= 4 is 82.6 Å². The number of hydrogen-bond donors (Lipinski definition) is 0. The van der Waals surface area contributed by atoms with E-state index in [1.54, 1.807) is 5.57 Å². The van der Waals surface area contributed by atoms with Crippen LogP contribution in [-0.4, -0.2) is 3.92 Å². The molecule has 0 N–H and O–H groups in total. The molecule has 0 radical (unpaired) electrons. The van der Waals surface area contributed by atoms with Crippen molar-refractivity contribution in [2.45, 2.75) is 29.6 Å². The summed E-state index contributed by atoms with van der Waals surface area (Å²) in [6.07, 6.45) is 3.48. The predicted molar refractivity (Wildman–Crippen MR) is 106 cm³/mol. The maximum Gasteiger partial charge on any atom is 0.0341 e. The zero-order chi connectivity index (χ0) is 13.9. The third kappa shape index (κ3) is 2.32. The summed E-state index contributed by atoms with van der Waals surface area (Å²) < 4.78 is 4.34. The van der Waals surface area contributed by atoms with Gasteiger partial charge in [0.25, 0.3) is 0 Å². The first kappa shape index (κ1) is 15.0. The lowest BCUT2D eigenvalue weighted by Crippen LogP contribution is -2.20. The Labute approximate surface area is 158 Å². The Hall–Kier alpha value is 1.12. The van der Waals surface area contributed by atoms with Gasteiger partial charge in [-0.3, -0.25) is 0 Å². The first-order chi connectivity index (χ1) is 8.82. The summed E-state index contributed by atoms with van der Waals surface area (Å²) in [5, 5.41) is 0. The Bertz CT molecular complexity index is 642. The van der Waals surface area contributed by atoms with Crippen molar-refractivity contribution in [2.75, 3.05) is 0 Å². The summed E-state index contributed by atoms with van der Waals surface area (Å²) >= 11 is 12.5. The highest BCUT2D eigenvalue weighted by Crippen LogP contribution is 2.56. The lowest BCUT2D eigenvalue weighted by atomic mass is 9.78. The van der Waals surface area contributed by atoms with E-state index in [-0.39, 0.29) is 5.41 Å². The molecule has 0 nitrogen and oxygen atoms in total. The molecule has 0 spiro atoms. The second-order valence-electron chi connectivity index (χ2n) is 5.52. The van der Waals surface area contributed by atoms with E-state index < -0.39 is 0 Å². The van der Waals surface area contributed by atoms with E-state index in [2.05, 4.69) is 109 Å². The third-order valence-corrected chi connectivity index (χ3v) is 6.71. The minimum Gasteiger partial charge on any atom is -0.0777 e. The highest BCUT2D eigenvalue weighted by Gasteiger charge is 2.41. The molecule has 0 fully saturated rings. The monoisotopic (exact) mass is 604 g/mol. The second kappa shape index (κ2) is 5.09. The minimum absolute atomic E-state index is 0.130. The van der Waals surface area contributed by atoms with Gasteiger partial charge < -0.3 is 0 Å². The van der Waals surface area contributed by atoms with Crippen LogP contribution in [0.3, 0.4) is 0 Å². The lowest BCUT2D eigenvalue weighted by Gasteiger charge is -2.28. The fourth-order valence-electron chi connectivity index (χ4n) is 3.06. The summed E-state index contributed by atoms with van der Waals surface area (Å²) in [6, 6.07) is 4.54. The summed E-state index contributed by atoms with van der Waals surface area (Å²) in [5.41, 5.74) is 5.94. The van der Waals surface area contributed by atoms with Gasteiger partial charge in [-0.1, -0.05) is 74.4 Å². The second-order valence-corrected chi connectivity index (χ2v) is 10.1. The molecule has 0 amide bonds. The van der Waals surface area contributed by atoms with Crippen LogP contribution in [0.5, 0.6) is 0 Å². The zero-order valence-corrected chi connectivity index (χ0v) is 18.0. The summed E-state index contributed by atoms with van der Waals surface area (Å²) in [7, 11) is 0. The maximum atomic E-state index is 3.79. The Morgan fingerprint density at radius 1 is 1.26 bits per heavy atom. The van der Waals surface area contributed by atoms with Gasteiger partial charge in [-0.2, -0.15) is 0 Å². The Kier molecular flexibility index (Phi) is 4.03. The Morgan fingerprint density at radius 2 is 1.95 bits per heavy atom. The fourth-order valence-corrected chi connectivity index (χ4v) is 6.82. The highest BCUT2D eigenvalue weighted by atomic mass is 127. The molecule has 0 saturated carbocycles. The molecule has 19 heavy (non-hydrogen) atoms. The van der Waals surface area contributed by atoms with Crippen molar-refractivity contribution in [3.05, 3.63) is 47.4 Å². The molecule has 4 heteroatoms. The molecule has 1 unspecified atom stereocenters. The van der Waals surface area contributed by atoms with Crippen molar-refractivity contribution in [1.82, 2.24) is 0 Å². The number of alkyl halides is 1. The number of rotatable bonds is 0. The predicted octanol–water partition coefficient (Wildman–Crippen LogP) is 6.58. The van der Waals surface area contributed by atoms with Crippen LogP contribution in [0.25, 0.3) is 5.57 Å². The van der Waals surface area contributed by atoms with Crippen LogP contribution >= 0.6 is 77.0 Å². The number of allylic oxidation sites excluding steroid dienone is 4. The molecule has 0 aliphatic heterocycles. The van der Waals surface area contributed by atoms with Crippen LogP contribution in [0.4, 0.5) is 0 Å². The minimum atomic E-state index is 0.130. The molecule has 0 bridgehead atoms. The molecule has 0 aromatic heterocycles. The van der Waals surface area contributed by atoms with Crippen molar-refractivity contribution in [2.24, 2.45) is 0 Å². The molecule has 1 atom stereocenters. The van der Waals surface area contributed by atoms with Gasteiger partial charge in [0.1, 0.15) is 0 Å². The maximum absolute atomic E-state index is 3.79. The largest absolute Gasteiger partial charge is 0.0777 e. The fraction of sp³-hybridized carbons (Fsp3) is 0.333. The van der Waals surface area contributed by atoms with Crippen molar-refractivity contribution in [3.63, 3.8) is 0 Å². The van der Waals surface area contributed by atoms with Crippen LogP contribution in [0.15, 0.2) is 32.7 Å². The van der Waals surface area contributed by atoms with Gasteiger partial charge >= 0.3 is 0 Å². The van der Waals surface area contributed by atoms with Gasteiger partial charge in [0.2, 0.25) is 0 Å². The Balaban J connectivity index is 2.33. The van der Waals surface area contributed by atoms with Crippen LogP contribution < -0.4 is 0 Å². The standard InChI is InChI=1S/C15H12Br2I2/c1-15(2)9-3-7(18)5-11(16)13(9)14-10(15)4-8(19)6-12(14)17/h3,5-6,8H,4H2,1-2H3. The van der Waals surface area contributed by atoms with Crippen molar-refractivity contribution < 1.29 is 0 Å². The molecule has 1 aromatic carbocycles. The van der Waals surface area contributed by atoms with E-state index in [4.69, 9.17) is 0 Å². The van der Waals surface area contributed by atoms with E-state index in [0.29, 0.717) is 3.92 Å². The van der Waals surface area contributed by atoms with E-state index >= 15 is 0 Å². The van der Waals surface area contributed by atoms with E-state index in [1.807, 2.05) is 0 Å². The molecule has 0 saturated heterocycles. The molecular formula is C15H12Br2I2. The molecule has 1 aromatic rings. The lowest BCUT2D eigenvalue weighted by molar-refractivity contribution is 0.611. The molecule has 2 aliphatic carbocycles. The van der Waals surface area contributed by atoms with Crippen LogP contribution in [0.2, 0.25) is 0 Å². The van der Waals surface area contributed by atoms with Gasteiger partial charge in [-0.15, -0.1) is 0 Å². The molecule has 3 rings (SSSR count). The average Bonchev–Trinajstić information content (AvgIpc) is 2.49. The number of benzene rings is 1. The average molecular weight is 606 g/mol. The van der Waals surface area contributed by atoms with Crippen molar-refractivity contribution in [3.8, 4) is 0 Å². The van der Waals surface area contributed by atoms with Gasteiger partial charge in [0.15, 0.2) is 0 Å². The summed E-state index contributed by atoms with van der Waals surface area (Å²) in [6.45, 7) is 4.71. The number of halogens is 4.